The lowest BCUT2D eigenvalue weighted by Gasteiger charge is -2.14. The number of benzene rings is 1. The Hall–Kier alpha value is -1.03. The molecule has 17 heavy (non-hydrogen) atoms. The summed E-state index contributed by atoms with van der Waals surface area (Å²) in [4.78, 5) is 0.922. The van der Waals surface area contributed by atoms with E-state index in [4.69, 9.17) is 16.3 Å². The summed E-state index contributed by atoms with van der Waals surface area (Å²) >= 11 is 7.48. The van der Waals surface area contributed by atoms with Crippen LogP contribution in [0.4, 0.5) is 0 Å². The van der Waals surface area contributed by atoms with E-state index >= 15 is 0 Å². The molecule has 0 radical (unpaired) electrons. The lowest BCUT2D eigenvalue weighted by Crippen LogP contribution is -2.01. The van der Waals surface area contributed by atoms with Crippen LogP contribution >= 0.6 is 22.9 Å². The molecule has 1 aromatic carbocycles. The number of methoxy groups -OCH3 is 1. The summed E-state index contributed by atoms with van der Waals surface area (Å²) in [6, 6.07) is 7.24. The maximum Gasteiger partial charge on any atom is 0.125 e. The number of hydrogen-bond donors (Lipinski definition) is 1. The predicted octanol–water partition coefficient (Wildman–Crippen LogP) is 3.80. The van der Waals surface area contributed by atoms with E-state index in [-0.39, 0.29) is 0 Å². The first-order valence-corrected chi connectivity index (χ1v) is 6.44. The molecule has 0 spiro atoms. The summed E-state index contributed by atoms with van der Waals surface area (Å²) in [6.07, 6.45) is -0.691. The SMILES string of the molecule is COc1ccc(Cl)cc1C(O)c1sccc1C. The van der Waals surface area contributed by atoms with Crippen molar-refractivity contribution in [3.8, 4) is 5.75 Å². The van der Waals surface area contributed by atoms with Crippen molar-refractivity contribution in [3.05, 3.63) is 50.7 Å². The zero-order valence-corrected chi connectivity index (χ0v) is 11.2. The topological polar surface area (TPSA) is 29.5 Å². The number of halogens is 1. The van der Waals surface area contributed by atoms with Crippen molar-refractivity contribution in [2.45, 2.75) is 13.0 Å². The molecular weight excluding hydrogens is 256 g/mol. The van der Waals surface area contributed by atoms with Gasteiger partial charge in [-0.3, -0.25) is 0 Å². The smallest absolute Gasteiger partial charge is 0.125 e. The minimum Gasteiger partial charge on any atom is -0.496 e. The van der Waals surface area contributed by atoms with Gasteiger partial charge in [-0.05, 0) is 42.1 Å². The quantitative estimate of drug-likeness (QED) is 0.917. The summed E-state index contributed by atoms with van der Waals surface area (Å²) in [5.41, 5.74) is 1.77. The normalized spacial score (nSPS) is 12.5. The fraction of sp³-hybridized carbons (Fsp3) is 0.231. The summed E-state index contributed by atoms with van der Waals surface area (Å²) in [6.45, 7) is 1.98. The monoisotopic (exact) mass is 268 g/mol. The highest BCUT2D eigenvalue weighted by Gasteiger charge is 2.18. The average molecular weight is 269 g/mol. The van der Waals surface area contributed by atoms with Crippen LogP contribution in [0.1, 0.15) is 22.1 Å². The van der Waals surface area contributed by atoms with E-state index in [1.54, 1.807) is 25.3 Å². The van der Waals surface area contributed by atoms with Gasteiger partial charge in [0.1, 0.15) is 11.9 Å². The van der Waals surface area contributed by atoms with E-state index < -0.39 is 6.10 Å². The number of hydrogen-bond acceptors (Lipinski definition) is 3. The maximum absolute atomic E-state index is 10.4. The molecule has 1 unspecified atom stereocenters. The standard InChI is InChI=1S/C13H13ClO2S/c1-8-5-6-17-13(8)12(15)10-7-9(14)3-4-11(10)16-2/h3-7,12,15H,1-2H3. The van der Waals surface area contributed by atoms with Gasteiger partial charge in [-0.25, -0.2) is 0 Å². The van der Waals surface area contributed by atoms with Gasteiger partial charge >= 0.3 is 0 Å². The third-order valence-electron chi connectivity index (χ3n) is 2.64. The van der Waals surface area contributed by atoms with Crippen LogP contribution in [0.3, 0.4) is 0 Å². The Morgan fingerprint density at radius 3 is 2.71 bits per heavy atom. The molecule has 0 saturated heterocycles. The van der Waals surface area contributed by atoms with Crippen molar-refractivity contribution in [1.29, 1.82) is 0 Å². The maximum atomic E-state index is 10.4. The zero-order chi connectivity index (χ0) is 12.4. The van der Waals surface area contributed by atoms with Crippen molar-refractivity contribution >= 4 is 22.9 Å². The first kappa shape index (κ1) is 12.4. The number of aliphatic hydroxyl groups excluding tert-OH is 1. The molecule has 90 valence electrons. The molecule has 1 atom stereocenters. The second-order valence-corrected chi connectivity index (χ2v) is 5.14. The van der Waals surface area contributed by atoms with Gasteiger partial charge in [-0.1, -0.05) is 11.6 Å². The summed E-state index contributed by atoms with van der Waals surface area (Å²) < 4.78 is 5.25. The van der Waals surface area contributed by atoms with Crippen LogP contribution in [-0.2, 0) is 0 Å². The summed E-state index contributed by atoms with van der Waals surface area (Å²) in [5.74, 6) is 0.648. The number of aryl methyl sites for hydroxylation is 1. The molecule has 2 nitrogen and oxygen atoms in total. The first-order valence-electron chi connectivity index (χ1n) is 5.19. The Morgan fingerprint density at radius 1 is 1.35 bits per heavy atom. The largest absolute Gasteiger partial charge is 0.496 e. The van der Waals surface area contributed by atoms with E-state index in [1.165, 1.54) is 11.3 Å². The van der Waals surface area contributed by atoms with Gasteiger partial charge in [-0.15, -0.1) is 11.3 Å². The van der Waals surface area contributed by atoms with Crippen LogP contribution < -0.4 is 4.74 Å². The fourth-order valence-corrected chi connectivity index (χ4v) is 2.83. The van der Waals surface area contributed by atoms with Gasteiger partial charge in [0.15, 0.2) is 0 Å². The highest BCUT2D eigenvalue weighted by atomic mass is 35.5. The number of ether oxygens (including phenoxy) is 1. The summed E-state index contributed by atoms with van der Waals surface area (Å²) in [7, 11) is 1.58. The molecule has 2 rings (SSSR count). The molecule has 1 aromatic heterocycles. The Bertz CT molecular complexity index is 522. The second-order valence-electron chi connectivity index (χ2n) is 3.76. The van der Waals surface area contributed by atoms with Crippen LogP contribution in [-0.4, -0.2) is 12.2 Å². The zero-order valence-electron chi connectivity index (χ0n) is 9.61. The second kappa shape index (κ2) is 5.08. The van der Waals surface area contributed by atoms with E-state index in [0.717, 1.165) is 10.4 Å². The van der Waals surface area contributed by atoms with Crippen molar-refractivity contribution in [2.24, 2.45) is 0 Å². The molecule has 0 aliphatic heterocycles. The molecule has 4 heteroatoms. The van der Waals surface area contributed by atoms with Crippen LogP contribution in [0.15, 0.2) is 29.6 Å². The van der Waals surface area contributed by atoms with E-state index in [9.17, 15) is 5.11 Å². The predicted molar refractivity (Wildman–Crippen MR) is 71.1 cm³/mol. The van der Waals surface area contributed by atoms with Crippen LogP contribution in [0.2, 0.25) is 5.02 Å². The van der Waals surface area contributed by atoms with E-state index in [0.29, 0.717) is 16.3 Å². The number of rotatable bonds is 3. The molecule has 1 heterocycles. The summed E-state index contributed by atoms with van der Waals surface area (Å²) in [5, 5.41) is 12.9. The molecule has 0 fully saturated rings. The van der Waals surface area contributed by atoms with Gasteiger partial charge in [-0.2, -0.15) is 0 Å². The van der Waals surface area contributed by atoms with Crippen LogP contribution in [0.25, 0.3) is 0 Å². The van der Waals surface area contributed by atoms with E-state index in [1.807, 2.05) is 18.4 Å². The molecule has 0 aliphatic rings. The average Bonchev–Trinajstić information content (AvgIpc) is 2.74. The minimum absolute atomic E-state index is 0.592. The Morgan fingerprint density at radius 2 is 2.12 bits per heavy atom. The number of aliphatic hydroxyl groups is 1. The molecular formula is C13H13ClO2S. The Labute approximate surface area is 109 Å². The molecule has 0 aliphatic carbocycles. The molecule has 1 N–H and O–H groups in total. The first-order chi connectivity index (χ1) is 8.13. The van der Waals surface area contributed by atoms with Gasteiger partial charge in [0.25, 0.3) is 0 Å². The molecule has 0 saturated carbocycles. The molecule has 0 amide bonds. The van der Waals surface area contributed by atoms with Crippen LogP contribution in [0.5, 0.6) is 5.75 Å². The van der Waals surface area contributed by atoms with Gasteiger partial charge in [0.2, 0.25) is 0 Å². The van der Waals surface area contributed by atoms with Crippen molar-refractivity contribution in [3.63, 3.8) is 0 Å². The fourth-order valence-electron chi connectivity index (χ4n) is 1.72. The van der Waals surface area contributed by atoms with Crippen molar-refractivity contribution < 1.29 is 9.84 Å². The van der Waals surface area contributed by atoms with Gasteiger partial charge < -0.3 is 9.84 Å². The van der Waals surface area contributed by atoms with Crippen molar-refractivity contribution in [2.75, 3.05) is 7.11 Å². The highest BCUT2D eigenvalue weighted by Crippen LogP contribution is 2.35. The third kappa shape index (κ3) is 2.46. The third-order valence-corrected chi connectivity index (χ3v) is 3.94. The van der Waals surface area contributed by atoms with E-state index in [2.05, 4.69) is 0 Å². The van der Waals surface area contributed by atoms with Gasteiger partial charge in [0, 0.05) is 15.5 Å². The lowest BCUT2D eigenvalue weighted by atomic mass is 10.0. The highest BCUT2D eigenvalue weighted by molar-refractivity contribution is 7.10. The van der Waals surface area contributed by atoms with Gasteiger partial charge in [0.05, 0.1) is 7.11 Å². The molecule has 0 bridgehead atoms. The van der Waals surface area contributed by atoms with Crippen molar-refractivity contribution in [1.82, 2.24) is 0 Å². The lowest BCUT2D eigenvalue weighted by molar-refractivity contribution is 0.218. The molecule has 2 aromatic rings. The Kier molecular flexibility index (Phi) is 3.72. The number of thiophene rings is 1. The minimum atomic E-state index is -0.691. The van der Waals surface area contributed by atoms with Crippen LogP contribution in [0, 0.1) is 6.92 Å². The Balaban J connectivity index is 2.46.